The molecule has 0 N–H and O–H groups in total. The van der Waals surface area contributed by atoms with E-state index in [1.165, 1.54) is 0 Å². The standard InChI is InChI=1S/C11H18O4/c1-8(2)7-15-11(13)10(12)9-3-5-14-6-4-9/h8-9H,3-7H2,1-2H3. The highest BCUT2D eigenvalue weighted by Crippen LogP contribution is 2.16. The first-order chi connectivity index (χ1) is 7.11. The van der Waals surface area contributed by atoms with Gasteiger partial charge < -0.3 is 9.47 Å². The van der Waals surface area contributed by atoms with Gasteiger partial charge in [-0.15, -0.1) is 0 Å². The summed E-state index contributed by atoms with van der Waals surface area (Å²) in [5.74, 6) is -1.01. The van der Waals surface area contributed by atoms with Crippen LogP contribution in [0.4, 0.5) is 0 Å². The van der Waals surface area contributed by atoms with Crippen LogP contribution in [0.5, 0.6) is 0 Å². The molecule has 1 aliphatic heterocycles. The second-order valence-electron chi connectivity index (χ2n) is 4.24. The Labute approximate surface area is 89.9 Å². The Morgan fingerprint density at radius 3 is 2.47 bits per heavy atom. The van der Waals surface area contributed by atoms with E-state index >= 15 is 0 Å². The highest BCUT2D eigenvalue weighted by Gasteiger charge is 2.28. The van der Waals surface area contributed by atoms with Crippen molar-refractivity contribution in [1.29, 1.82) is 0 Å². The third kappa shape index (κ3) is 4.00. The number of hydrogen-bond donors (Lipinski definition) is 0. The number of rotatable bonds is 4. The fraction of sp³-hybridized carbons (Fsp3) is 0.818. The van der Waals surface area contributed by atoms with E-state index in [1.54, 1.807) is 0 Å². The Morgan fingerprint density at radius 2 is 1.93 bits per heavy atom. The number of Topliss-reactive ketones (excluding diaryl/α,β-unsaturated/α-hetero) is 1. The van der Waals surface area contributed by atoms with Crippen LogP contribution in [0.3, 0.4) is 0 Å². The van der Waals surface area contributed by atoms with Crippen molar-refractivity contribution in [3.8, 4) is 0 Å². The molecule has 1 rings (SSSR count). The van der Waals surface area contributed by atoms with E-state index < -0.39 is 5.97 Å². The van der Waals surface area contributed by atoms with Crippen molar-refractivity contribution in [3.05, 3.63) is 0 Å². The molecular formula is C11H18O4. The summed E-state index contributed by atoms with van der Waals surface area (Å²) in [6.45, 7) is 5.31. The number of carbonyl (C=O) groups is 2. The molecular weight excluding hydrogens is 196 g/mol. The molecule has 1 heterocycles. The molecule has 4 heteroatoms. The van der Waals surface area contributed by atoms with Crippen LogP contribution in [-0.4, -0.2) is 31.6 Å². The van der Waals surface area contributed by atoms with Gasteiger partial charge in [0.05, 0.1) is 6.61 Å². The molecule has 0 bridgehead atoms. The van der Waals surface area contributed by atoms with Gasteiger partial charge >= 0.3 is 5.97 Å². The molecule has 15 heavy (non-hydrogen) atoms. The smallest absolute Gasteiger partial charge is 0.374 e. The third-order valence-corrected chi connectivity index (χ3v) is 2.34. The van der Waals surface area contributed by atoms with Crippen LogP contribution < -0.4 is 0 Å². The van der Waals surface area contributed by atoms with Crippen LogP contribution in [0.25, 0.3) is 0 Å². The summed E-state index contributed by atoms with van der Waals surface area (Å²) < 4.78 is 10.0. The van der Waals surface area contributed by atoms with Crippen LogP contribution in [0, 0.1) is 11.8 Å². The van der Waals surface area contributed by atoms with Gasteiger partial charge in [0.1, 0.15) is 0 Å². The first-order valence-corrected chi connectivity index (χ1v) is 5.40. The van der Waals surface area contributed by atoms with Gasteiger partial charge in [-0.2, -0.15) is 0 Å². The molecule has 0 radical (unpaired) electrons. The van der Waals surface area contributed by atoms with Crippen molar-refractivity contribution in [3.63, 3.8) is 0 Å². The molecule has 0 saturated carbocycles. The Hall–Kier alpha value is -0.900. The van der Waals surface area contributed by atoms with Gasteiger partial charge in [-0.25, -0.2) is 4.79 Å². The van der Waals surface area contributed by atoms with Crippen molar-refractivity contribution in [2.24, 2.45) is 11.8 Å². The molecule has 1 aliphatic rings. The quantitative estimate of drug-likeness (QED) is 0.521. The van der Waals surface area contributed by atoms with E-state index in [0.29, 0.717) is 32.7 Å². The zero-order chi connectivity index (χ0) is 11.3. The van der Waals surface area contributed by atoms with Crippen molar-refractivity contribution >= 4 is 11.8 Å². The molecule has 0 spiro atoms. The van der Waals surface area contributed by atoms with Crippen LogP contribution in [0.2, 0.25) is 0 Å². The first kappa shape index (κ1) is 12.2. The molecule has 0 unspecified atom stereocenters. The summed E-state index contributed by atoms with van der Waals surface area (Å²) in [6, 6.07) is 0. The Bertz CT molecular complexity index is 229. The highest BCUT2D eigenvalue weighted by molar-refractivity contribution is 6.34. The SMILES string of the molecule is CC(C)COC(=O)C(=O)C1CCOCC1. The summed E-state index contributed by atoms with van der Waals surface area (Å²) in [5.41, 5.74) is 0. The minimum atomic E-state index is -0.685. The summed E-state index contributed by atoms with van der Waals surface area (Å²) >= 11 is 0. The third-order valence-electron chi connectivity index (χ3n) is 2.34. The van der Waals surface area contributed by atoms with Gasteiger partial charge in [-0.05, 0) is 18.8 Å². The van der Waals surface area contributed by atoms with Gasteiger partial charge in [0.25, 0.3) is 0 Å². The van der Waals surface area contributed by atoms with Crippen molar-refractivity contribution < 1.29 is 19.1 Å². The van der Waals surface area contributed by atoms with Gasteiger partial charge in [-0.3, -0.25) is 4.79 Å². The minimum absolute atomic E-state index is 0.196. The second-order valence-corrected chi connectivity index (χ2v) is 4.24. The lowest BCUT2D eigenvalue weighted by atomic mass is 9.95. The number of ketones is 1. The van der Waals surface area contributed by atoms with E-state index in [1.807, 2.05) is 13.8 Å². The largest absolute Gasteiger partial charge is 0.460 e. The lowest BCUT2D eigenvalue weighted by molar-refractivity contribution is -0.157. The van der Waals surface area contributed by atoms with E-state index in [2.05, 4.69) is 0 Å². The van der Waals surface area contributed by atoms with Crippen molar-refractivity contribution in [2.75, 3.05) is 19.8 Å². The second kappa shape index (κ2) is 5.85. The van der Waals surface area contributed by atoms with Gasteiger partial charge in [0, 0.05) is 19.1 Å². The van der Waals surface area contributed by atoms with Gasteiger partial charge in [0.15, 0.2) is 0 Å². The number of carbonyl (C=O) groups excluding carboxylic acids is 2. The van der Waals surface area contributed by atoms with E-state index in [0.717, 1.165) is 0 Å². The molecule has 86 valence electrons. The summed E-state index contributed by atoms with van der Waals surface area (Å²) in [4.78, 5) is 22.9. The maximum Gasteiger partial charge on any atom is 0.374 e. The fourth-order valence-corrected chi connectivity index (χ4v) is 1.44. The Balaban J connectivity index is 2.34. The topological polar surface area (TPSA) is 52.6 Å². The summed E-state index contributed by atoms with van der Waals surface area (Å²) in [6.07, 6.45) is 1.27. The van der Waals surface area contributed by atoms with E-state index in [4.69, 9.17) is 9.47 Å². The molecule has 4 nitrogen and oxygen atoms in total. The average Bonchev–Trinajstić information content (AvgIpc) is 2.26. The molecule has 0 atom stereocenters. The van der Waals surface area contributed by atoms with Crippen LogP contribution in [-0.2, 0) is 19.1 Å². The zero-order valence-corrected chi connectivity index (χ0v) is 9.32. The molecule has 0 amide bonds. The summed E-state index contributed by atoms with van der Waals surface area (Å²) in [7, 11) is 0. The van der Waals surface area contributed by atoms with Crippen molar-refractivity contribution in [2.45, 2.75) is 26.7 Å². The number of esters is 1. The highest BCUT2D eigenvalue weighted by atomic mass is 16.5. The first-order valence-electron chi connectivity index (χ1n) is 5.40. The maximum atomic E-state index is 11.6. The van der Waals surface area contributed by atoms with Crippen LogP contribution >= 0.6 is 0 Å². The predicted octanol–water partition coefficient (Wildman–Crippen LogP) is 1.18. The molecule has 1 fully saturated rings. The zero-order valence-electron chi connectivity index (χ0n) is 9.32. The predicted molar refractivity (Wildman–Crippen MR) is 54.3 cm³/mol. The van der Waals surface area contributed by atoms with Crippen LogP contribution in [0.1, 0.15) is 26.7 Å². The minimum Gasteiger partial charge on any atom is -0.460 e. The molecule has 0 aromatic carbocycles. The van der Waals surface area contributed by atoms with E-state index in [9.17, 15) is 9.59 Å². The van der Waals surface area contributed by atoms with Crippen LogP contribution in [0.15, 0.2) is 0 Å². The maximum absolute atomic E-state index is 11.6. The molecule has 0 aliphatic carbocycles. The Kier molecular flexibility index (Phi) is 4.75. The normalized spacial score (nSPS) is 17.8. The monoisotopic (exact) mass is 214 g/mol. The number of hydrogen-bond acceptors (Lipinski definition) is 4. The lowest BCUT2D eigenvalue weighted by Gasteiger charge is -2.19. The molecule has 0 aromatic rings. The fourth-order valence-electron chi connectivity index (χ4n) is 1.44. The summed E-state index contributed by atoms with van der Waals surface area (Å²) in [5, 5.41) is 0. The van der Waals surface area contributed by atoms with Gasteiger partial charge in [-0.1, -0.05) is 13.8 Å². The molecule has 0 aromatic heterocycles. The Morgan fingerprint density at radius 1 is 1.33 bits per heavy atom. The molecule has 1 saturated heterocycles. The van der Waals surface area contributed by atoms with Gasteiger partial charge in [0.2, 0.25) is 5.78 Å². The average molecular weight is 214 g/mol. The van der Waals surface area contributed by atoms with E-state index in [-0.39, 0.29) is 17.6 Å². The van der Waals surface area contributed by atoms with Crippen molar-refractivity contribution in [1.82, 2.24) is 0 Å². The number of ether oxygens (including phenoxy) is 2. The lowest BCUT2D eigenvalue weighted by Crippen LogP contribution is -2.31.